The molecular formula is C13H8BrCl2NO. The Kier molecular flexibility index (Phi) is 4.38. The Balaban J connectivity index is 2.32. The van der Waals surface area contributed by atoms with E-state index < -0.39 is 4.83 Å². The Morgan fingerprint density at radius 3 is 2.67 bits per heavy atom. The van der Waals surface area contributed by atoms with Gasteiger partial charge in [-0.2, -0.15) is 0 Å². The molecule has 2 rings (SSSR count). The predicted molar refractivity (Wildman–Crippen MR) is 76.7 cm³/mol. The van der Waals surface area contributed by atoms with E-state index in [1.165, 1.54) is 0 Å². The van der Waals surface area contributed by atoms with Crippen LogP contribution in [0.4, 0.5) is 0 Å². The highest BCUT2D eigenvalue weighted by molar-refractivity contribution is 9.09. The molecule has 18 heavy (non-hydrogen) atoms. The molecule has 2 nitrogen and oxygen atoms in total. The molecule has 0 bridgehead atoms. The summed E-state index contributed by atoms with van der Waals surface area (Å²) >= 11 is 15.2. The van der Waals surface area contributed by atoms with Crippen LogP contribution in [0.15, 0.2) is 42.7 Å². The van der Waals surface area contributed by atoms with Gasteiger partial charge in [-0.05, 0) is 29.8 Å². The first-order valence-electron chi connectivity index (χ1n) is 5.13. The Labute approximate surface area is 123 Å². The van der Waals surface area contributed by atoms with Crippen molar-refractivity contribution in [1.82, 2.24) is 4.98 Å². The molecule has 0 amide bonds. The van der Waals surface area contributed by atoms with Crippen molar-refractivity contribution >= 4 is 44.9 Å². The average molecular weight is 345 g/mol. The van der Waals surface area contributed by atoms with E-state index in [0.717, 1.165) is 5.56 Å². The van der Waals surface area contributed by atoms with Crippen LogP contribution in [0.3, 0.4) is 0 Å². The highest BCUT2D eigenvalue weighted by Crippen LogP contribution is 2.30. The zero-order chi connectivity index (χ0) is 13.1. The van der Waals surface area contributed by atoms with Crippen molar-refractivity contribution in [2.75, 3.05) is 0 Å². The summed E-state index contributed by atoms with van der Waals surface area (Å²) in [5.74, 6) is -0.121. The molecule has 1 unspecified atom stereocenters. The van der Waals surface area contributed by atoms with Gasteiger partial charge in [0.25, 0.3) is 0 Å². The number of carbonyl (C=O) groups is 1. The van der Waals surface area contributed by atoms with E-state index in [-0.39, 0.29) is 5.78 Å². The Morgan fingerprint density at radius 1 is 1.28 bits per heavy atom. The van der Waals surface area contributed by atoms with Gasteiger partial charge in [0.15, 0.2) is 5.78 Å². The van der Waals surface area contributed by atoms with E-state index in [9.17, 15) is 4.79 Å². The van der Waals surface area contributed by atoms with Crippen molar-refractivity contribution in [3.63, 3.8) is 0 Å². The molecular weight excluding hydrogens is 337 g/mol. The van der Waals surface area contributed by atoms with Gasteiger partial charge in [0.1, 0.15) is 4.83 Å². The second-order valence-corrected chi connectivity index (χ2v) is 5.40. The summed E-state index contributed by atoms with van der Waals surface area (Å²) in [6.45, 7) is 0. The van der Waals surface area contributed by atoms with Crippen LogP contribution in [-0.4, -0.2) is 10.8 Å². The fourth-order valence-corrected chi connectivity index (χ4v) is 2.52. The molecule has 92 valence electrons. The normalized spacial score (nSPS) is 12.2. The Morgan fingerprint density at radius 2 is 2.06 bits per heavy atom. The molecule has 1 aromatic heterocycles. The molecule has 0 aliphatic carbocycles. The van der Waals surface area contributed by atoms with Gasteiger partial charge >= 0.3 is 0 Å². The van der Waals surface area contributed by atoms with Gasteiger partial charge in [-0.1, -0.05) is 45.2 Å². The zero-order valence-electron chi connectivity index (χ0n) is 9.11. The number of nitrogens with zero attached hydrogens (tertiary/aromatic N) is 1. The van der Waals surface area contributed by atoms with Crippen molar-refractivity contribution in [2.24, 2.45) is 0 Å². The van der Waals surface area contributed by atoms with Crippen LogP contribution in [0.2, 0.25) is 10.0 Å². The van der Waals surface area contributed by atoms with E-state index in [4.69, 9.17) is 23.2 Å². The van der Waals surface area contributed by atoms with Crippen molar-refractivity contribution in [2.45, 2.75) is 4.83 Å². The minimum absolute atomic E-state index is 0.121. The quantitative estimate of drug-likeness (QED) is 0.596. The first-order chi connectivity index (χ1) is 8.59. The van der Waals surface area contributed by atoms with Crippen LogP contribution < -0.4 is 0 Å². The SMILES string of the molecule is O=C(c1ccc(Cl)cc1Cl)C(Br)c1cccnc1. The van der Waals surface area contributed by atoms with Crippen molar-refractivity contribution in [3.8, 4) is 0 Å². The smallest absolute Gasteiger partial charge is 0.182 e. The van der Waals surface area contributed by atoms with Crippen molar-refractivity contribution in [1.29, 1.82) is 0 Å². The van der Waals surface area contributed by atoms with Gasteiger partial charge in [-0.3, -0.25) is 9.78 Å². The highest BCUT2D eigenvalue weighted by atomic mass is 79.9. The second-order valence-electron chi connectivity index (χ2n) is 3.64. The standard InChI is InChI=1S/C13H8BrCl2NO/c14-12(8-2-1-5-17-7-8)13(18)10-4-3-9(15)6-11(10)16/h1-7,12H. The Hall–Kier alpha value is -0.900. The fourth-order valence-electron chi connectivity index (χ4n) is 1.50. The monoisotopic (exact) mass is 343 g/mol. The summed E-state index contributed by atoms with van der Waals surface area (Å²) in [5.41, 5.74) is 1.22. The average Bonchev–Trinajstić information content (AvgIpc) is 2.38. The molecule has 5 heteroatoms. The summed E-state index contributed by atoms with van der Waals surface area (Å²) in [4.78, 5) is 15.8. The zero-order valence-corrected chi connectivity index (χ0v) is 12.2. The summed E-state index contributed by atoms with van der Waals surface area (Å²) in [7, 11) is 0. The molecule has 0 radical (unpaired) electrons. The molecule has 0 saturated carbocycles. The number of rotatable bonds is 3. The third-order valence-electron chi connectivity index (χ3n) is 2.40. The molecule has 0 aliphatic rings. The number of ketones is 1. The highest BCUT2D eigenvalue weighted by Gasteiger charge is 2.21. The predicted octanol–water partition coefficient (Wildman–Crippen LogP) is 4.71. The Bertz CT molecular complexity index is 574. The summed E-state index contributed by atoms with van der Waals surface area (Å²) in [5, 5.41) is 0.852. The van der Waals surface area contributed by atoms with Crippen LogP contribution in [-0.2, 0) is 0 Å². The number of pyridine rings is 1. The molecule has 1 aromatic carbocycles. The van der Waals surface area contributed by atoms with Gasteiger partial charge in [-0.15, -0.1) is 0 Å². The molecule has 2 aromatic rings. The van der Waals surface area contributed by atoms with Crippen LogP contribution in [0.25, 0.3) is 0 Å². The third-order valence-corrected chi connectivity index (χ3v) is 3.90. The molecule has 0 spiro atoms. The fraction of sp³-hybridized carbons (Fsp3) is 0.0769. The van der Waals surface area contributed by atoms with Gasteiger partial charge in [0, 0.05) is 23.0 Å². The minimum Gasteiger partial charge on any atom is -0.292 e. The summed E-state index contributed by atoms with van der Waals surface area (Å²) in [6.07, 6.45) is 3.30. The summed E-state index contributed by atoms with van der Waals surface area (Å²) < 4.78 is 0. The van der Waals surface area contributed by atoms with Crippen LogP contribution >= 0.6 is 39.1 Å². The second kappa shape index (κ2) is 5.83. The van der Waals surface area contributed by atoms with Crippen molar-refractivity contribution < 1.29 is 4.79 Å². The molecule has 0 fully saturated rings. The first kappa shape index (κ1) is 13.5. The number of carbonyl (C=O) groups excluding carboxylic acids is 1. The van der Waals surface area contributed by atoms with Gasteiger partial charge in [0.2, 0.25) is 0 Å². The molecule has 0 aliphatic heterocycles. The maximum absolute atomic E-state index is 12.3. The van der Waals surface area contributed by atoms with E-state index >= 15 is 0 Å². The molecule has 0 saturated heterocycles. The third kappa shape index (κ3) is 2.91. The lowest BCUT2D eigenvalue weighted by molar-refractivity contribution is 0.0991. The van der Waals surface area contributed by atoms with Crippen LogP contribution in [0.1, 0.15) is 20.7 Å². The first-order valence-corrected chi connectivity index (χ1v) is 6.80. The number of benzene rings is 1. The summed E-state index contributed by atoms with van der Waals surface area (Å²) in [6, 6.07) is 8.43. The lowest BCUT2D eigenvalue weighted by Gasteiger charge is -2.10. The topological polar surface area (TPSA) is 30.0 Å². The van der Waals surface area contributed by atoms with Gasteiger partial charge < -0.3 is 0 Å². The number of alkyl halides is 1. The molecule has 1 heterocycles. The van der Waals surface area contributed by atoms with E-state index in [1.54, 1.807) is 36.7 Å². The molecule has 1 atom stereocenters. The maximum atomic E-state index is 12.3. The number of halogens is 3. The lowest BCUT2D eigenvalue weighted by Crippen LogP contribution is -2.08. The van der Waals surface area contributed by atoms with Gasteiger partial charge in [0.05, 0.1) is 5.02 Å². The van der Waals surface area contributed by atoms with E-state index in [0.29, 0.717) is 15.6 Å². The number of hydrogen-bond acceptors (Lipinski definition) is 2. The van der Waals surface area contributed by atoms with Gasteiger partial charge in [-0.25, -0.2) is 0 Å². The number of Topliss-reactive ketones (excluding diaryl/α,β-unsaturated/α-hetero) is 1. The van der Waals surface area contributed by atoms with E-state index in [2.05, 4.69) is 20.9 Å². The molecule has 0 N–H and O–H groups in total. The maximum Gasteiger partial charge on any atom is 0.182 e. The lowest BCUT2D eigenvalue weighted by atomic mass is 10.0. The van der Waals surface area contributed by atoms with Crippen LogP contribution in [0, 0.1) is 0 Å². The van der Waals surface area contributed by atoms with E-state index in [1.807, 2.05) is 6.07 Å². The minimum atomic E-state index is -0.468. The van der Waals surface area contributed by atoms with Crippen LogP contribution in [0.5, 0.6) is 0 Å². The number of aromatic nitrogens is 1. The number of hydrogen-bond donors (Lipinski definition) is 0. The largest absolute Gasteiger partial charge is 0.292 e. The van der Waals surface area contributed by atoms with Crippen molar-refractivity contribution in [3.05, 3.63) is 63.9 Å².